The highest BCUT2D eigenvalue weighted by atomic mass is 35.5. The fourth-order valence-corrected chi connectivity index (χ4v) is 4.07. The van der Waals surface area contributed by atoms with E-state index in [1.54, 1.807) is 6.92 Å². The van der Waals surface area contributed by atoms with E-state index in [4.69, 9.17) is 16.6 Å². The van der Waals surface area contributed by atoms with Gasteiger partial charge in [0.15, 0.2) is 5.78 Å². The monoisotopic (exact) mass is 408 g/mol. The van der Waals surface area contributed by atoms with Crippen LogP contribution in [0.3, 0.4) is 0 Å². The molecule has 4 rings (SSSR count). The van der Waals surface area contributed by atoms with Gasteiger partial charge in [0.05, 0.1) is 11.0 Å². The smallest absolute Gasteiger partial charge is 0.216 e. The lowest BCUT2D eigenvalue weighted by molar-refractivity contribution is 0.101. The molecule has 0 atom stereocenters. The summed E-state index contributed by atoms with van der Waals surface area (Å²) in [6, 6.07) is 15.7. The zero-order chi connectivity index (χ0) is 20.5. The number of para-hydroxylation sites is 2. The number of ketones is 1. The van der Waals surface area contributed by atoms with Gasteiger partial charge in [-0.15, -0.1) is 0 Å². The molecule has 0 aliphatic carbocycles. The Labute approximate surface area is 175 Å². The third-order valence-corrected chi connectivity index (χ3v) is 5.75. The molecule has 0 N–H and O–H groups in total. The summed E-state index contributed by atoms with van der Waals surface area (Å²) in [5.41, 5.74) is 4.29. The molecular weight excluding hydrogens is 384 g/mol. The van der Waals surface area contributed by atoms with E-state index in [-0.39, 0.29) is 5.78 Å². The van der Waals surface area contributed by atoms with Crippen molar-refractivity contribution < 1.29 is 4.79 Å². The number of hydrogen-bond donors (Lipinski definition) is 0. The average molecular weight is 409 g/mol. The lowest BCUT2D eigenvalue weighted by atomic mass is 10.1. The predicted octanol–water partition coefficient (Wildman–Crippen LogP) is 5.15. The van der Waals surface area contributed by atoms with E-state index in [0.717, 1.165) is 48.6 Å². The Balaban J connectivity index is 1.96. The normalized spacial score (nSPS) is 11.8. The minimum Gasteiger partial charge on any atom is -0.308 e. The van der Waals surface area contributed by atoms with Crippen molar-refractivity contribution in [3.8, 4) is 11.3 Å². The second-order valence-corrected chi connectivity index (χ2v) is 7.61. The van der Waals surface area contributed by atoms with Crippen LogP contribution >= 0.6 is 11.6 Å². The number of aromatic nitrogens is 3. The van der Waals surface area contributed by atoms with Crippen molar-refractivity contribution in [2.45, 2.75) is 27.3 Å². The number of likely N-dealkylation sites (N-methyl/N-ethyl adjacent to an activating group) is 1. The third-order valence-electron chi connectivity index (χ3n) is 5.50. The van der Waals surface area contributed by atoms with Crippen LogP contribution in [-0.2, 0) is 6.54 Å². The number of imidazole rings is 2. The largest absolute Gasteiger partial charge is 0.308 e. The van der Waals surface area contributed by atoms with Crippen LogP contribution in [0, 0.1) is 0 Å². The molecule has 2 aromatic heterocycles. The molecule has 29 heavy (non-hydrogen) atoms. The molecule has 0 saturated heterocycles. The number of nitrogens with zero attached hydrogens (tertiary/aromatic N) is 4. The number of Topliss-reactive ketones (excluding diaryl/α,β-unsaturated/α-hetero) is 1. The molecule has 0 aliphatic heterocycles. The first kappa shape index (κ1) is 19.7. The fourth-order valence-electron chi connectivity index (χ4n) is 3.94. The standard InChI is InChI=1S/C23H25ClN4O/c1-4-26(5-2)14-15-27-19-8-6-7-9-20(19)28-22(16(3)29)21(25-23(27)28)17-10-12-18(24)13-11-17/h6-13H,4-5,14-15H2,1-3H3. The SMILES string of the molecule is CCN(CC)CCn1c2ccccc2n2c(C(C)=O)c(-c3ccc(Cl)cc3)nc12. The molecule has 0 radical (unpaired) electrons. The average Bonchev–Trinajstić information content (AvgIpc) is 3.25. The van der Waals surface area contributed by atoms with Crippen molar-refractivity contribution in [1.82, 2.24) is 18.9 Å². The molecule has 4 aromatic rings. The van der Waals surface area contributed by atoms with E-state index in [1.165, 1.54) is 0 Å². The highest BCUT2D eigenvalue weighted by Crippen LogP contribution is 2.31. The molecule has 0 spiro atoms. The highest BCUT2D eigenvalue weighted by molar-refractivity contribution is 6.30. The van der Waals surface area contributed by atoms with Crippen LogP contribution in [0.4, 0.5) is 0 Å². The second kappa shape index (κ2) is 8.01. The molecule has 0 aliphatic rings. The Kier molecular flexibility index (Phi) is 5.43. The van der Waals surface area contributed by atoms with E-state index in [1.807, 2.05) is 40.8 Å². The molecule has 2 heterocycles. The first-order chi connectivity index (χ1) is 14.0. The van der Waals surface area contributed by atoms with Gasteiger partial charge >= 0.3 is 0 Å². The summed E-state index contributed by atoms with van der Waals surface area (Å²) in [4.78, 5) is 20.0. The quantitative estimate of drug-likeness (QED) is 0.397. The van der Waals surface area contributed by atoms with E-state index in [0.29, 0.717) is 16.4 Å². The number of fused-ring (bicyclic) bond motifs is 3. The lowest BCUT2D eigenvalue weighted by Crippen LogP contribution is -2.27. The van der Waals surface area contributed by atoms with Crippen molar-refractivity contribution >= 4 is 34.2 Å². The summed E-state index contributed by atoms with van der Waals surface area (Å²) >= 11 is 6.06. The third kappa shape index (κ3) is 3.45. The molecule has 0 unspecified atom stereocenters. The number of halogens is 1. The van der Waals surface area contributed by atoms with Gasteiger partial charge in [0, 0.05) is 30.6 Å². The summed E-state index contributed by atoms with van der Waals surface area (Å²) in [5, 5.41) is 0.663. The maximum absolute atomic E-state index is 12.7. The first-order valence-electron chi connectivity index (χ1n) is 10.0. The maximum Gasteiger partial charge on any atom is 0.216 e. The number of benzene rings is 2. The van der Waals surface area contributed by atoms with Gasteiger partial charge in [-0.3, -0.25) is 9.20 Å². The minimum atomic E-state index is -0.00547. The van der Waals surface area contributed by atoms with E-state index in [9.17, 15) is 4.79 Å². The van der Waals surface area contributed by atoms with Gasteiger partial charge in [0.2, 0.25) is 5.78 Å². The van der Waals surface area contributed by atoms with Crippen molar-refractivity contribution in [2.24, 2.45) is 0 Å². The Hall–Kier alpha value is -2.63. The Morgan fingerprint density at radius 2 is 1.69 bits per heavy atom. The van der Waals surface area contributed by atoms with Crippen LogP contribution in [0.5, 0.6) is 0 Å². The van der Waals surface area contributed by atoms with Gasteiger partial charge in [-0.2, -0.15) is 0 Å². The van der Waals surface area contributed by atoms with Crippen LogP contribution in [0.2, 0.25) is 5.02 Å². The van der Waals surface area contributed by atoms with E-state index < -0.39 is 0 Å². The second-order valence-electron chi connectivity index (χ2n) is 7.17. The summed E-state index contributed by atoms with van der Waals surface area (Å²) in [6.07, 6.45) is 0. The van der Waals surface area contributed by atoms with Crippen molar-refractivity contribution in [3.63, 3.8) is 0 Å². The molecule has 6 heteroatoms. The summed E-state index contributed by atoms with van der Waals surface area (Å²) in [7, 11) is 0. The summed E-state index contributed by atoms with van der Waals surface area (Å²) in [5.74, 6) is 0.794. The topological polar surface area (TPSA) is 42.5 Å². The van der Waals surface area contributed by atoms with E-state index >= 15 is 0 Å². The summed E-state index contributed by atoms with van der Waals surface area (Å²) < 4.78 is 4.23. The minimum absolute atomic E-state index is 0.00547. The lowest BCUT2D eigenvalue weighted by Gasteiger charge is -2.18. The van der Waals surface area contributed by atoms with E-state index in [2.05, 4.69) is 35.4 Å². The number of carbonyl (C=O) groups excluding carboxylic acids is 1. The first-order valence-corrected chi connectivity index (χ1v) is 10.4. The van der Waals surface area contributed by atoms with Crippen LogP contribution in [0.15, 0.2) is 48.5 Å². The van der Waals surface area contributed by atoms with Crippen molar-refractivity contribution in [2.75, 3.05) is 19.6 Å². The number of rotatable bonds is 7. The Morgan fingerprint density at radius 3 is 2.31 bits per heavy atom. The maximum atomic E-state index is 12.7. The molecule has 150 valence electrons. The Morgan fingerprint density at radius 1 is 1.03 bits per heavy atom. The van der Waals surface area contributed by atoms with Gasteiger partial charge < -0.3 is 9.47 Å². The highest BCUT2D eigenvalue weighted by Gasteiger charge is 2.23. The summed E-state index contributed by atoms with van der Waals surface area (Å²) in [6.45, 7) is 9.71. The van der Waals surface area contributed by atoms with Gasteiger partial charge in [-0.1, -0.05) is 49.7 Å². The Bertz CT molecular complexity index is 1170. The molecule has 0 bridgehead atoms. The zero-order valence-corrected chi connectivity index (χ0v) is 17.8. The van der Waals surface area contributed by atoms with Crippen molar-refractivity contribution in [3.05, 3.63) is 59.2 Å². The van der Waals surface area contributed by atoms with Gasteiger partial charge in [0.25, 0.3) is 0 Å². The molecule has 5 nitrogen and oxygen atoms in total. The molecule has 0 fully saturated rings. The van der Waals surface area contributed by atoms with Gasteiger partial charge in [-0.25, -0.2) is 4.98 Å². The van der Waals surface area contributed by atoms with Gasteiger partial charge in [0.1, 0.15) is 11.4 Å². The number of hydrogen-bond acceptors (Lipinski definition) is 3. The van der Waals surface area contributed by atoms with Gasteiger partial charge in [-0.05, 0) is 37.4 Å². The van der Waals surface area contributed by atoms with Crippen LogP contribution in [0.25, 0.3) is 28.1 Å². The van der Waals surface area contributed by atoms with Crippen LogP contribution in [-0.4, -0.2) is 44.3 Å². The van der Waals surface area contributed by atoms with Crippen LogP contribution < -0.4 is 0 Å². The molecule has 0 amide bonds. The molecule has 2 aromatic carbocycles. The predicted molar refractivity (Wildman–Crippen MR) is 119 cm³/mol. The van der Waals surface area contributed by atoms with Crippen LogP contribution in [0.1, 0.15) is 31.3 Å². The number of carbonyl (C=O) groups is 1. The fraction of sp³-hybridized carbons (Fsp3) is 0.304. The molecular formula is C23H25ClN4O. The zero-order valence-electron chi connectivity index (χ0n) is 17.0. The van der Waals surface area contributed by atoms with Crippen molar-refractivity contribution in [1.29, 1.82) is 0 Å². The molecule has 0 saturated carbocycles.